The highest BCUT2D eigenvalue weighted by atomic mass is 35.5. The second-order valence-corrected chi connectivity index (χ2v) is 6.41. The van der Waals surface area contributed by atoms with Gasteiger partial charge in [-0.25, -0.2) is 9.97 Å². The Morgan fingerprint density at radius 3 is 2.34 bits per heavy atom. The molecule has 0 aliphatic rings. The number of nitrogens with zero attached hydrogens (tertiary/aromatic N) is 2. The third-order valence-corrected chi connectivity index (χ3v) is 4.24. The summed E-state index contributed by atoms with van der Waals surface area (Å²) in [7, 11) is 0. The minimum atomic E-state index is -6.06. The first-order chi connectivity index (χ1) is 13.4. The van der Waals surface area contributed by atoms with Gasteiger partial charge in [0.25, 0.3) is 5.56 Å². The third-order valence-electron chi connectivity index (χ3n) is 3.50. The first-order valence-corrected chi connectivity index (χ1v) is 8.30. The lowest BCUT2D eigenvalue weighted by atomic mass is 10.2. The molecule has 2 aromatic heterocycles. The molecule has 1 aromatic carbocycles. The molecule has 13 heteroatoms. The topological polar surface area (TPSA) is 81.0 Å². The van der Waals surface area contributed by atoms with Crippen LogP contribution in [0.1, 0.15) is 11.6 Å². The van der Waals surface area contributed by atoms with E-state index in [-0.39, 0.29) is 27.4 Å². The van der Waals surface area contributed by atoms with Crippen LogP contribution in [0, 0.1) is 6.92 Å². The molecule has 29 heavy (non-hydrogen) atoms. The molecule has 0 aliphatic carbocycles. The number of rotatable bonds is 4. The van der Waals surface area contributed by atoms with Crippen LogP contribution in [0.5, 0.6) is 11.5 Å². The summed E-state index contributed by atoms with van der Waals surface area (Å²) in [6, 6.07) is 3.36. The fraction of sp³-hybridized carbons (Fsp3) is 0.188. The highest BCUT2D eigenvalue weighted by Crippen LogP contribution is 2.46. The number of halogens is 7. The summed E-state index contributed by atoms with van der Waals surface area (Å²) in [5, 5.41) is -0.00368. The minimum absolute atomic E-state index is 0.0721. The van der Waals surface area contributed by atoms with Crippen molar-refractivity contribution in [1.82, 2.24) is 15.0 Å². The van der Waals surface area contributed by atoms with Crippen molar-refractivity contribution in [1.29, 1.82) is 0 Å². The molecule has 0 bridgehead atoms. The van der Waals surface area contributed by atoms with Gasteiger partial charge >= 0.3 is 12.1 Å². The third kappa shape index (κ3) is 4.06. The van der Waals surface area contributed by atoms with Gasteiger partial charge in [0.15, 0.2) is 17.4 Å². The van der Waals surface area contributed by atoms with Crippen molar-refractivity contribution in [3.63, 3.8) is 0 Å². The van der Waals surface area contributed by atoms with Crippen molar-refractivity contribution in [3.05, 3.63) is 56.4 Å². The van der Waals surface area contributed by atoms with E-state index < -0.39 is 34.9 Å². The average molecular weight is 456 g/mol. The van der Waals surface area contributed by atoms with E-state index in [9.17, 15) is 26.7 Å². The zero-order valence-corrected chi connectivity index (χ0v) is 15.6. The SMILES string of the molecule is Cc1nc(-c2nc(C(F)(F)C(F)(F)F)c(Oc3ccc(Cl)c(Cl)c3)c(=O)[nH]2)co1. The fourth-order valence-corrected chi connectivity index (χ4v) is 2.44. The lowest BCUT2D eigenvalue weighted by Gasteiger charge is -2.21. The second kappa shape index (κ2) is 7.30. The van der Waals surface area contributed by atoms with Crippen LogP contribution in [-0.2, 0) is 5.92 Å². The number of hydrogen-bond donors (Lipinski definition) is 1. The van der Waals surface area contributed by atoms with Crippen molar-refractivity contribution >= 4 is 23.2 Å². The number of aryl methyl sites for hydroxylation is 1. The van der Waals surface area contributed by atoms with E-state index in [0.717, 1.165) is 18.4 Å². The molecule has 2 heterocycles. The van der Waals surface area contributed by atoms with Crippen LogP contribution in [0.2, 0.25) is 10.0 Å². The molecule has 0 spiro atoms. The summed E-state index contributed by atoms with van der Waals surface area (Å²) in [6.45, 7) is 1.40. The van der Waals surface area contributed by atoms with E-state index in [4.69, 9.17) is 32.4 Å². The molecule has 0 saturated carbocycles. The number of aromatic amines is 1. The molecule has 3 rings (SSSR count). The molecular formula is C16H8Cl2F5N3O3. The highest BCUT2D eigenvalue weighted by molar-refractivity contribution is 6.42. The fourth-order valence-electron chi connectivity index (χ4n) is 2.16. The van der Waals surface area contributed by atoms with Crippen molar-refractivity contribution in [2.75, 3.05) is 0 Å². The lowest BCUT2D eigenvalue weighted by Crippen LogP contribution is -2.36. The van der Waals surface area contributed by atoms with Crippen molar-refractivity contribution in [2.45, 2.75) is 19.0 Å². The van der Waals surface area contributed by atoms with Gasteiger partial charge in [0.1, 0.15) is 17.7 Å². The van der Waals surface area contributed by atoms with E-state index in [2.05, 4.69) is 9.97 Å². The van der Waals surface area contributed by atoms with Gasteiger partial charge in [0.2, 0.25) is 5.75 Å². The summed E-state index contributed by atoms with van der Waals surface area (Å²) in [5.74, 6) is -7.78. The van der Waals surface area contributed by atoms with E-state index in [1.165, 1.54) is 13.0 Å². The molecule has 1 N–H and O–H groups in total. The van der Waals surface area contributed by atoms with Gasteiger partial charge in [-0.05, 0) is 12.1 Å². The molecule has 3 aromatic rings. The maximum Gasteiger partial charge on any atom is 0.459 e. The summed E-state index contributed by atoms with van der Waals surface area (Å²) in [4.78, 5) is 21.4. The minimum Gasteiger partial charge on any atom is -0.449 e. The smallest absolute Gasteiger partial charge is 0.449 e. The normalized spacial score (nSPS) is 12.3. The van der Waals surface area contributed by atoms with Crippen molar-refractivity contribution in [3.8, 4) is 23.0 Å². The Kier molecular flexibility index (Phi) is 5.30. The predicted molar refractivity (Wildman–Crippen MR) is 91.6 cm³/mol. The number of alkyl halides is 5. The highest BCUT2D eigenvalue weighted by Gasteiger charge is 2.62. The predicted octanol–water partition coefficient (Wildman–Crippen LogP) is 5.49. The van der Waals surface area contributed by atoms with Gasteiger partial charge in [0, 0.05) is 13.0 Å². The number of H-pyrrole nitrogens is 1. The molecule has 154 valence electrons. The standard InChI is InChI=1S/C16H8Cl2F5N3O3/c1-6-24-10(5-28-6)13-25-12(15(19,20)16(21,22)23)11(14(27)26-13)29-7-2-3-8(17)9(18)4-7/h2-5H,1H3,(H,25,26,27). The first kappa shape index (κ1) is 21.1. The zero-order chi connectivity index (χ0) is 21.6. The van der Waals surface area contributed by atoms with E-state index in [1.807, 2.05) is 4.98 Å². The number of ether oxygens (including phenoxy) is 1. The Balaban J connectivity index is 2.21. The molecule has 0 radical (unpaired) electrons. The number of nitrogens with one attached hydrogen (secondary N) is 1. The van der Waals surface area contributed by atoms with E-state index in [0.29, 0.717) is 0 Å². The number of hydrogen-bond acceptors (Lipinski definition) is 5. The van der Waals surface area contributed by atoms with Gasteiger partial charge in [-0.1, -0.05) is 23.2 Å². The summed E-state index contributed by atoms with van der Waals surface area (Å²) >= 11 is 11.5. The lowest BCUT2D eigenvalue weighted by molar-refractivity contribution is -0.291. The van der Waals surface area contributed by atoms with Crippen LogP contribution in [0.15, 0.2) is 33.7 Å². The largest absolute Gasteiger partial charge is 0.459 e. The van der Waals surface area contributed by atoms with Gasteiger partial charge in [-0.15, -0.1) is 0 Å². The van der Waals surface area contributed by atoms with Crippen molar-refractivity contribution < 1.29 is 31.1 Å². The number of benzene rings is 1. The summed E-state index contributed by atoms with van der Waals surface area (Å²) in [5.41, 5.74) is -3.60. The van der Waals surface area contributed by atoms with Gasteiger partial charge < -0.3 is 14.1 Å². The molecule has 0 saturated heterocycles. The van der Waals surface area contributed by atoms with Gasteiger partial charge in [0.05, 0.1) is 10.0 Å². The first-order valence-electron chi connectivity index (χ1n) is 7.55. The van der Waals surface area contributed by atoms with Crippen LogP contribution < -0.4 is 10.3 Å². The quantitative estimate of drug-likeness (QED) is 0.526. The Morgan fingerprint density at radius 2 is 1.79 bits per heavy atom. The average Bonchev–Trinajstić information content (AvgIpc) is 3.05. The molecule has 0 unspecified atom stereocenters. The second-order valence-electron chi connectivity index (χ2n) is 5.59. The molecule has 0 aliphatic heterocycles. The molecular weight excluding hydrogens is 448 g/mol. The van der Waals surface area contributed by atoms with E-state index >= 15 is 0 Å². The molecule has 0 fully saturated rings. The van der Waals surface area contributed by atoms with Crippen molar-refractivity contribution in [2.24, 2.45) is 0 Å². The maximum atomic E-state index is 14.1. The summed E-state index contributed by atoms with van der Waals surface area (Å²) < 4.78 is 77.1. The van der Waals surface area contributed by atoms with Crippen LogP contribution in [-0.4, -0.2) is 21.1 Å². The molecule has 6 nitrogen and oxygen atoms in total. The van der Waals surface area contributed by atoms with Crippen LogP contribution in [0.3, 0.4) is 0 Å². The Labute approximate surface area is 168 Å². The van der Waals surface area contributed by atoms with Crippen LogP contribution >= 0.6 is 23.2 Å². The molecule has 0 amide bonds. The number of aromatic nitrogens is 3. The maximum absolute atomic E-state index is 14.1. The summed E-state index contributed by atoms with van der Waals surface area (Å²) in [6.07, 6.45) is -5.12. The Hall–Kier alpha value is -2.66. The zero-order valence-electron chi connectivity index (χ0n) is 14.1. The van der Waals surface area contributed by atoms with E-state index in [1.54, 1.807) is 0 Å². The number of oxazole rings is 1. The van der Waals surface area contributed by atoms with Gasteiger partial charge in [-0.2, -0.15) is 22.0 Å². The Morgan fingerprint density at radius 1 is 1.10 bits per heavy atom. The Bertz CT molecular complexity index is 1130. The van der Waals surface area contributed by atoms with Gasteiger partial charge in [-0.3, -0.25) is 4.79 Å². The molecule has 0 atom stereocenters. The van der Waals surface area contributed by atoms with Crippen LogP contribution in [0.25, 0.3) is 11.5 Å². The monoisotopic (exact) mass is 455 g/mol. The van der Waals surface area contributed by atoms with Crippen LogP contribution in [0.4, 0.5) is 22.0 Å².